The van der Waals surface area contributed by atoms with E-state index in [1.54, 1.807) is 24.3 Å². The van der Waals surface area contributed by atoms with Crippen molar-refractivity contribution in [3.63, 3.8) is 0 Å². The number of aromatic amines is 1. The third-order valence-electron chi connectivity index (χ3n) is 4.55. The Bertz CT molecular complexity index is 1140. The number of H-pyrrole nitrogens is 1. The summed E-state index contributed by atoms with van der Waals surface area (Å²) >= 11 is 6.63. The molecule has 0 bridgehead atoms. The quantitative estimate of drug-likeness (QED) is 0.444. The summed E-state index contributed by atoms with van der Waals surface area (Å²) in [5, 5.41) is 12.9. The highest BCUT2D eigenvalue weighted by atomic mass is 32.1. The summed E-state index contributed by atoms with van der Waals surface area (Å²) in [5.41, 5.74) is 0.695. The molecule has 0 aliphatic carbocycles. The molecule has 7 nitrogen and oxygen atoms in total. The minimum Gasteiger partial charge on any atom is -0.332 e. The van der Waals surface area contributed by atoms with Crippen molar-refractivity contribution in [1.29, 1.82) is 0 Å². The second-order valence-corrected chi connectivity index (χ2v) is 7.70. The number of hydrogen-bond donors (Lipinski definition) is 2. The first-order chi connectivity index (χ1) is 13.5. The van der Waals surface area contributed by atoms with Gasteiger partial charge in [0, 0.05) is 18.0 Å². The molecule has 0 saturated carbocycles. The summed E-state index contributed by atoms with van der Waals surface area (Å²) < 4.78 is 1.71. The molecule has 2 N–H and O–H groups in total. The van der Waals surface area contributed by atoms with E-state index in [4.69, 9.17) is 12.2 Å². The highest BCUT2D eigenvalue weighted by molar-refractivity contribution is 7.71. The van der Waals surface area contributed by atoms with Gasteiger partial charge in [0.05, 0.1) is 10.9 Å². The van der Waals surface area contributed by atoms with Gasteiger partial charge in [0.2, 0.25) is 5.13 Å². The first kappa shape index (κ1) is 20.1. The lowest BCUT2D eigenvalue weighted by atomic mass is 10.1. The molecule has 28 heavy (non-hydrogen) atoms. The molecular formula is C19H21N5O2S2. The van der Waals surface area contributed by atoms with Gasteiger partial charge >= 0.3 is 0 Å². The van der Waals surface area contributed by atoms with Crippen molar-refractivity contribution >= 4 is 45.5 Å². The normalized spacial score (nSPS) is 11.1. The number of carbonyl (C=O) groups is 1. The lowest BCUT2D eigenvalue weighted by Crippen LogP contribution is -2.22. The maximum atomic E-state index is 12.6. The van der Waals surface area contributed by atoms with Crippen molar-refractivity contribution in [2.75, 3.05) is 5.32 Å². The largest absolute Gasteiger partial charge is 0.332 e. The minimum atomic E-state index is -0.316. The second kappa shape index (κ2) is 8.57. The Morgan fingerprint density at radius 3 is 2.82 bits per heavy atom. The number of anilines is 1. The lowest BCUT2D eigenvalue weighted by Gasteiger charge is -2.07. The molecule has 1 aromatic carbocycles. The Kier molecular flexibility index (Phi) is 6.15. The number of aromatic nitrogens is 4. The van der Waals surface area contributed by atoms with Crippen LogP contribution in [-0.4, -0.2) is 25.7 Å². The monoisotopic (exact) mass is 415 g/mol. The van der Waals surface area contributed by atoms with Crippen molar-refractivity contribution in [2.24, 2.45) is 0 Å². The number of nitrogens with one attached hydrogen (secondary N) is 2. The number of fused-ring (bicyclic) bond motifs is 1. The standard InChI is InChI=1S/C19H21N5O2S2/c1-4-9-24-17(26)13-8-7-12(10-14(13)20-19(24)27)15(25)21-18-23-22-16(28-18)11(5-2)6-3/h4,7-8,10-11H,1,5-6,9H2,2-3H3,(H,20,27)(H,21,23,25). The molecule has 0 atom stereocenters. The summed E-state index contributed by atoms with van der Waals surface area (Å²) in [6.45, 7) is 8.17. The lowest BCUT2D eigenvalue weighted by molar-refractivity contribution is 0.102. The maximum absolute atomic E-state index is 12.6. The summed E-state index contributed by atoms with van der Waals surface area (Å²) in [7, 11) is 0. The molecule has 3 aromatic rings. The SMILES string of the molecule is C=CCn1c(=S)[nH]c2cc(C(=O)Nc3nnc(C(CC)CC)s3)ccc2c1=O. The van der Waals surface area contributed by atoms with Crippen LogP contribution in [0.2, 0.25) is 0 Å². The average molecular weight is 416 g/mol. The number of amides is 1. The smallest absolute Gasteiger partial charge is 0.262 e. The zero-order valence-corrected chi connectivity index (χ0v) is 17.3. The van der Waals surface area contributed by atoms with Gasteiger partial charge in [0.25, 0.3) is 11.5 Å². The average Bonchev–Trinajstić information content (AvgIpc) is 3.13. The third-order valence-corrected chi connectivity index (χ3v) is 5.88. The fourth-order valence-electron chi connectivity index (χ4n) is 2.95. The molecule has 0 fully saturated rings. The van der Waals surface area contributed by atoms with Crippen LogP contribution in [0.1, 0.15) is 48.0 Å². The van der Waals surface area contributed by atoms with Crippen LogP contribution >= 0.6 is 23.6 Å². The number of rotatable bonds is 7. The van der Waals surface area contributed by atoms with Crippen LogP contribution in [0.3, 0.4) is 0 Å². The molecular weight excluding hydrogens is 394 g/mol. The van der Waals surface area contributed by atoms with Crippen molar-refractivity contribution < 1.29 is 4.79 Å². The molecule has 2 aromatic heterocycles. The highest BCUT2D eigenvalue weighted by Crippen LogP contribution is 2.28. The summed E-state index contributed by atoms with van der Waals surface area (Å²) in [6, 6.07) is 4.84. The molecule has 1 amide bonds. The van der Waals surface area contributed by atoms with Crippen LogP contribution in [0.4, 0.5) is 5.13 Å². The van der Waals surface area contributed by atoms with E-state index in [0.29, 0.717) is 34.1 Å². The van der Waals surface area contributed by atoms with Gasteiger partial charge in [-0.1, -0.05) is 31.3 Å². The molecule has 0 aliphatic heterocycles. The van der Waals surface area contributed by atoms with Crippen LogP contribution in [0.15, 0.2) is 35.6 Å². The number of hydrogen-bond acceptors (Lipinski definition) is 6. The van der Waals surface area contributed by atoms with E-state index in [1.807, 2.05) is 0 Å². The Balaban J connectivity index is 1.88. The first-order valence-electron chi connectivity index (χ1n) is 9.01. The van der Waals surface area contributed by atoms with E-state index in [1.165, 1.54) is 15.9 Å². The van der Waals surface area contributed by atoms with Crippen LogP contribution in [0, 0.1) is 4.77 Å². The first-order valence-corrected chi connectivity index (χ1v) is 10.2. The predicted molar refractivity (Wildman–Crippen MR) is 115 cm³/mol. The van der Waals surface area contributed by atoms with Crippen LogP contribution in [-0.2, 0) is 6.54 Å². The van der Waals surface area contributed by atoms with Gasteiger partial charge in [-0.05, 0) is 43.3 Å². The Morgan fingerprint density at radius 1 is 1.39 bits per heavy atom. The number of allylic oxidation sites excluding steroid dienone is 1. The minimum absolute atomic E-state index is 0.218. The third kappa shape index (κ3) is 3.95. The number of benzene rings is 1. The second-order valence-electron chi connectivity index (χ2n) is 6.31. The fourth-order valence-corrected chi connectivity index (χ4v) is 4.22. The molecule has 9 heteroatoms. The zero-order valence-electron chi connectivity index (χ0n) is 15.7. The van der Waals surface area contributed by atoms with Gasteiger partial charge in [-0.2, -0.15) is 0 Å². The predicted octanol–water partition coefficient (Wildman–Crippen LogP) is 4.25. The van der Waals surface area contributed by atoms with Gasteiger partial charge < -0.3 is 4.98 Å². The molecule has 0 saturated heterocycles. The molecule has 2 heterocycles. The van der Waals surface area contributed by atoms with Gasteiger partial charge in [-0.25, -0.2) is 0 Å². The fraction of sp³-hybridized carbons (Fsp3) is 0.316. The Labute approximate surface area is 171 Å². The van der Waals surface area contributed by atoms with Crippen molar-refractivity contribution in [3.8, 4) is 0 Å². The zero-order chi connectivity index (χ0) is 20.3. The van der Waals surface area contributed by atoms with Crippen LogP contribution in [0.25, 0.3) is 10.9 Å². The Hall–Kier alpha value is -2.65. The van der Waals surface area contributed by atoms with E-state index in [9.17, 15) is 9.59 Å². The van der Waals surface area contributed by atoms with E-state index < -0.39 is 0 Å². The molecule has 0 spiro atoms. The number of nitrogens with zero attached hydrogens (tertiary/aromatic N) is 3. The van der Waals surface area contributed by atoms with Gasteiger partial charge in [0.15, 0.2) is 4.77 Å². The van der Waals surface area contributed by atoms with E-state index in [-0.39, 0.29) is 16.2 Å². The topological polar surface area (TPSA) is 92.7 Å². The molecule has 0 unspecified atom stereocenters. The molecule has 0 radical (unpaired) electrons. The van der Waals surface area contributed by atoms with E-state index in [0.717, 1.165) is 17.8 Å². The summed E-state index contributed by atoms with van der Waals surface area (Å²) in [4.78, 5) is 28.2. The van der Waals surface area contributed by atoms with Gasteiger partial charge in [-0.15, -0.1) is 16.8 Å². The summed E-state index contributed by atoms with van der Waals surface area (Å²) in [5.74, 6) is 0.0327. The van der Waals surface area contributed by atoms with Crippen molar-refractivity contribution in [2.45, 2.75) is 39.2 Å². The highest BCUT2D eigenvalue weighted by Gasteiger charge is 2.16. The molecule has 146 valence electrons. The van der Waals surface area contributed by atoms with Crippen LogP contribution in [0.5, 0.6) is 0 Å². The summed E-state index contributed by atoms with van der Waals surface area (Å²) in [6.07, 6.45) is 3.56. The van der Waals surface area contributed by atoms with E-state index in [2.05, 4.69) is 40.9 Å². The Morgan fingerprint density at radius 2 is 2.14 bits per heavy atom. The van der Waals surface area contributed by atoms with Gasteiger partial charge in [0.1, 0.15) is 5.01 Å². The van der Waals surface area contributed by atoms with Gasteiger partial charge in [-0.3, -0.25) is 19.5 Å². The van der Waals surface area contributed by atoms with Crippen molar-refractivity contribution in [1.82, 2.24) is 19.7 Å². The van der Waals surface area contributed by atoms with E-state index >= 15 is 0 Å². The maximum Gasteiger partial charge on any atom is 0.262 e. The molecule has 0 aliphatic rings. The van der Waals surface area contributed by atoms with Crippen molar-refractivity contribution in [3.05, 3.63) is 56.6 Å². The molecule has 3 rings (SSSR count). The van der Waals surface area contributed by atoms with Crippen LogP contribution < -0.4 is 10.9 Å². The number of carbonyl (C=O) groups excluding carboxylic acids is 1.